The largest absolute Gasteiger partial charge is 0.487 e. The lowest BCUT2D eigenvalue weighted by Gasteiger charge is -2.34. The van der Waals surface area contributed by atoms with E-state index in [1.807, 2.05) is 42.5 Å². The molecule has 1 aliphatic rings. The molecule has 1 aromatic heterocycles. The molecule has 136 valence electrons. The molecule has 1 heterocycles. The molecule has 1 unspecified atom stereocenters. The van der Waals surface area contributed by atoms with Crippen molar-refractivity contribution in [3.63, 3.8) is 0 Å². The Morgan fingerprint density at radius 3 is 2.22 bits per heavy atom. The van der Waals surface area contributed by atoms with Crippen molar-refractivity contribution in [1.82, 2.24) is 4.98 Å². The molecule has 2 aromatic carbocycles. The summed E-state index contributed by atoms with van der Waals surface area (Å²) in [7, 11) is 0. The Bertz CT molecular complexity index is 869. The summed E-state index contributed by atoms with van der Waals surface area (Å²) in [5.74, 6) is 1.91. The fourth-order valence-electron chi connectivity index (χ4n) is 3.70. The predicted octanol–water partition coefficient (Wildman–Crippen LogP) is 5.41. The topological polar surface area (TPSA) is 39.2 Å². The van der Waals surface area contributed by atoms with E-state index in [0.29, 0.717) is 18.4 Å². The Morgan fingerprint density at radius 1 is 0.963 bits per heavy atom. The number of ether oxygens (including phenoxy) is 1. The lowest BCUT2D eigenvalue weighted by atomic mass is 9.70. The van der Waals surface area contributed by atoms with Crippen LogP contribution >= 0.6 is 0 Å². The zero-order chi connectivity index (χ0) is 18.5. The minimum atomic E-state index is 0.379. The van der Waals surface area contributed by atoms with Crippen molar-refractivity contribution in [3.05, 3.63) is 95.3 Å². The first-order valence-corrected chi connectivity index (χ1v) is 9.51. The van der Waals surface area contributed by atoms with E-state index < -0.39 is 0 Å². The number of nitrogens with zero attached hydrogens (tertiary/aromatic N) is 1. The molecule has 1 saturated carbocycles. The fraction of sp³-hybridized carbons (Fsp3) is 0.250. The zero-order valence-corrected chi connectivity index (χ0v) is 15.3. The van der Waals surface area contributed by atoms with Crippen molar-refractivity contribution in [2.24, 2.45) is 5.92 Å². The van der Waals surface area contributed by atoms with Crippen LogP contribution in [0.3, 0.4) is 0 Å². The van der Waals surface area contributed by atoms with Crippen LogP contribution in [-0.4, -0.2) is 11.3 Å². The van der Waals surface area contributed by atoms with E-state index in [1.165, 1.54) is 30.4 Å². The van der Waals surface area contributed by atoms with Gasteiger partial charge in [-0.05, 0) is 54.2 Å². The molecule has 4 rings (SSSR count). The minimum absolute atomic E-state index is 0.379. The molecule has 27 heavy (non-hydrogen) atoms. The van der Waals surface area contributed by atoms with Gasteiger partial charge in [-0.25, -0.2) is 0 Å². The summed E-state index contributed by atoms with van der Waals surface area (Å²) in [4.78, 5) is 15.2. The zero-order valence-electron chi connectivity index (χ0n) is 15.3. The van der Waals surface area contributed by atoms with Gasteiger partial charge in [-0.2, -0.15) is 0 Å². The summed E-state index contributed by atoms with van der Waals surface area (Å²) >= 11 is 0. The van der Waals surface area contributed by atoms with Gasteiger partial charge in [-0.15, -0.1) is 0 Å². The summed E-state index contributed by atoms with van der Waals surface area (Å²) in [5.41, 5.74) is 4.24. The first kappa shape index (κ1) is 17.5. The molecule has 1 aliphatic carbocycles. The maximum atomic E-state index is 10.9. The van der Waals surface area contributed by atoms with Crippen LogP contribution in [0.4, 0.5) is 0 Å². The van der Waals surface area contributed by atoms with Gasteiger partial charge >= 0.3 is 0 Å². The highest BCUT2D eigenvalue weighted by atomic mass is 16.5. The number of aldehydes is 1. The predicted molar refractivity (Wildman–Crippen MR) is 106 cm³/mol. The highest BCUT2D eigenvalue weighted by molar-refractivity contribution is 5.74. The maximum absolute atomic E-state index is 10.9. The summed E-state index contributed by atoms with van der Waals surface area (Å²) in [6.45, 7) is 0.472. The Labute approximate surface area is 160 Å². The minimum Gasteiger partial charge on any atom is -0.487 e. The van der Waals surface area contributed by atoms with Crippen molar-refractivity contribution in [3.8, 4) is 5.75 Å². The summed E-state index contributed by atoms with van der Waals surface area (Å²) in [5, 5.41) is 0. The van der Waals surface area contributed by atoms with E-state index in [-0.39, 0.29) is 0 Å². The summed E-state index contributed by atoms with van der Waals surface area (Å²) < 4.78 is 5.86. The van der Waals surface area contributed by atoms with Crippen molar-refractivity contribution in [2.45, 2.75) is 31.8 Å². The van der Waals surface area contributed by atoms with Gasteiger partial charge in [0.25, 0.3) is 0 Å². The molecule has 0 saturated heterocycles. The molecule has 3 aromatic rings. The van der Waals surface area contributed by atoms with Crippen LogP contribution < -0.4 is 4.74 Å². The molecule has 1 atom stereocenters. The van der Waals surface area contributed by atoms with Crippen LogP contribution in [0.5, 0.6) is 5.75 Å². The van der Waals surface area contributed by atoms with E-state index in [2.05, 4.69) is 29.2 Å². The van der Waals surface area contributed by atoms with Gasteiger partial charge in [0.05, 0.1) is 5.69 Å². The molecule has 0 spiro atoms. The van der Waals surface area contributed by atoms with Gasteiger partial charge in [-0.3, -0.25) is 9.78 Å². The van der Waals surface area contributed by atoms with Crippen molar-refractivity contribution in [2.75, 3.05) is 0 Å². The third-order valence-electron chi connectivity index (χ3n) is 5.40. The standard InChI is InChI=1S/C24H23NO2/c26-16-18-7-9-20(10-8-18)24(19-4-3-5-19)21-11-13-23(14-12-21)27-17-22-6-1-2-15-25-22/h1-2,6-16,19,24H,3-5,17H2. The monoisotopic (exact) mass is 357 g/mol. The van der Waals surface area contributed by atoms with Crippen LogP contribution in [0.2, 0.25) is 0 Å². The number of hydrogen-bond donors (Lipinski definition) is 0. The van der Waals surface area contributed by atoms with Gasteiger partial charge in [0.2, 0.25) is 0 Å². The maximum Gasteiger partial charge on any atom is 0.150 e. The van der Waals surface area contributed by atoms with E-state index in [0.717, 1.165) is 23.3 Å². The highest BCUT2D eigenvalue weighted by Crippen LogP contribution is 2.43. The number of hydrogen-bond acceptors (Lipinski definition) is 3. The SMILES string of the molecule is O=Cc1ccc(C(c2ccc(OCc3ccccn3)cc2)C2CCC2)cc1. The van der Waals surface area contributed by atoms with E-state index >= 15 is 0 Å². The fourth-order valence-corrected chi connectivity index (χ4v) is 3.70. The Kier molecular flexibility index (Phi) is 5.29. The van der Waals surface area contributed by atoms with Crippen LogP contribution in [-0.2, 0) is 6.61 Å². The van der Waals surface area contributed by atoms with Crippen LogP contribution in [0.15, 0.2) is 72.9 Å². The average molecular weight is 357 g/mol. The second-order valence-corrected chi connectivity index (χ2v) is 7.13. The van der Waals surface area contributed by atoms with Crippen LogP contribution in [0.1, 0.15) is 52.4 Å². The van der Waals surface area contributed by atoms with Crippen LogP contribution in [0.25, 0.3) is 0 Å². The molecule has 3 nitrogen and oxygen atoms in total. The molecular weight excluding hydrogens is 334 g/mol. The average Bonchev–Trinajstić information content (AvgIpc) is 2.70. The van der Waals surface area contributed by atoms with Crippen molar-refractivity contribution >= 4 is 6.29 Å². The van der Waals surface area contributed by atoms with Gasteiger partial charge in [-0.1, -0.05) is 48.9 Å². The Morgan fingerprint density at radius 2 is 1.67 bits per heavy atom. The molecule has 0 bridgehead atoms. The number of carbonyl (C=O) groups is 1. The first-order chi connectivity index (χ1) is 13.3. The molecule has 1 fully saturated rings. The van der Waals surface area contributed by atoms with Gasteiger partial charge in [0.15, 0.2) is 0 Å². The molecular formula is C24H23NO2. The third kappa shape index (κ3) is 4.08. The summed E-state index contributed by atoms with van der Waals surface area (Å²) in [6, 6.07) is 22.3. The van der Waals surface area contributed by atoms with E-state index in [1.54, 1.807) is 6.20 Å². The normalized spacial score (nSPS) is 15.0. The number of carbonyl (C=O) groups excluding carboxylic acids is 1. The molecule has 0 aliphatic heterocycles. The van der Waals surface area contributed by atoms with Crippen molar-refractivity contribution in [1.29, 1.82) is 0 Å². The third-order valence-corrected chi connectivity index (χ3v) is 5.40. The van der Waals surface area contributed by atoms with Gasteiger partial charge < -0.3 is 4.74 Å². The number of benzene rings is 2. The first-order valence-electron chi connectivity index (χ1n) is 9.51. The highest BCUT2D eigenvalue weighted by Gasteiger charge is 2.29. The second kappa shape index (κ2) is 8.17. The van der Waals surface area contributed by atoms with Gasteiger partial charge in [0.1, 0.15) is 18.6 Å². The quantitative estimate of drug-likeness (QED) is 0.531. The van der Waals surface area contributed by atoms with E-state index in [9.17, 15) is 4.79 Å². The molecule has 3 heteroatoms. The summed E-state index contributed by atoms with van der Waals surface area (Å²) in [6.07, 6.45) is 6.51. The Balaban J connectivity index is 1.51. The van der Waals surface area contributed by atoms with E-state index in [4.69, 9.17) is 4.74 Å². The lowest BCUT2D eigenvalue weighted by Crippen LogP contribution is -2.21. The molecule has 0 amide bonds. The molecule has 0 radical (unpaired) electrons. The number of aromatic nitrogens is 1. The molecule has 0 N–H and O–H groups in total. The number of rotatable bonds is 7. The van der Waals surface area contributed by atoms with Gasteiger partial charge in [0, 0.05) is 17.7 Å². The second-order valence-electron chi connectivity index (χ2n) is 7.13. The van der Waals surface area contributed by atoms with Crippen molar-refractivity contribution < 1.29 is 9.53 Å². The number of pyridine rings is 1. The lowest BCUT2D eigenvalue weighted by molar-refractivity contribution is 0.112. The van der Waals surface area contributed by atoms with Crippen LogP contribution in [0, 0.1) is 5.92 Å². The smallest absolute Gasteiger partial charge is 0.150 e. The Hall–Kier alpha value is -2.94.